The summed E-state index contributed by atoms with van der Waals surface area (Å²) in [4.78, 5) is 0. The van der Waals surface area contributed by atoms with Gasteiger partial charge in [0.15, 0.2) is 0 Å². The van der Waals surface area contributed by atoms with E-state index in [9.17, 15) is 0 Å². The van der Waals surface area contributed by atoms with Gasteiger partial charge in [-0.1, -0.05) is 7.96 Å². The van der Waals surface area contributed by atoms with E-state index in [1.165, 1.54) is 0 Å². The third-order valence-corrected chi connectivity index (χ3v) is 407. The largest absolute Gasteiger partial charge is 0.109 e. The van der Waals surface area contributed by atoms with Crippen molar-refractivity contribution in [3.63, 3.8) is 0 Å². The van der Waals surface area contributed by atoms with Gasteiger partial charge in [-0.3, -0.25) is 0 Å². The second-order valence-electron chi connectivity index (χ2n) is 10.7. The van der Waals surface area contributed by atoms with Crippen LogP contribution in [0.5, 0.6) is 0 Å². The van der Waals surface area contributed by atoms with Crippen molar-refractivity contribution in [2.75, 3.05) is 0 Å². The maximum atomic E-state index is 3.81. The van der Waals surface area contributed by atoms with Crippen LogP contribution in [0.1, 0.15) is 0 Å². The van der Waals surface area contributed by atoms with E-state index in [1.807, 2.05) is 0 Å². The topological polar surface area (TPSA) is 0 Å². The predicted molar refractivity (Wildman–Crippen MR) is 549 cm³/mol. The lowest BCUT2D eigenvalue weighted by molar-refractivity contribution is 1.87. The van der Waals surface area contributed by atoms with E-state index in [4.69, 9.17) is 0 Å². The Morgan fingerprint density at radius 3 is 0.409 bits per heavy atom. The molecule has 0 heterocycles. The van der Waals surface area contributed by atoms with Crippen LogP contribution in [0, 0.1) is 0 Å². The van der Waals surface area contributed by atoms with Crippen molar-refractivity contribution in [3.05, 3.63) is 0 Å². The fourth-order valence-corrected chi connectivity index (χ4v) is 738. The normalized spacial score (nSPS) is 16.1. The zero-order valence-electron chi connectivity index (χ0n) is 34.0. The van der Waals surface area contributed by atoms with Crippen molar-refractivity contribution in [2.24, 2.45) is 0 Å². The maximum Gasteiger partial charge on any atom is 0.0860 e. The Morgan fingerprint density at radius 1 is 0.182 bits per heavy atom. The molecule has 0 aliphatic heterocycles. The van der Waals surface area contributed by atoms with Gasteiger partial charge < -0.3 is 0 Å². The molecule has 0 aromatic rings. The van der Waals surface area contributed by atoms with E-state index in [-0.39, 0.29) is 182 Å². The fraction of sp³-hybridized carbons (Fsp3) is 1.00. The second kappa shape index (κ2) is 50.3. The Hall–Kier alpha value is 27.9. The maximum absolute atomic E-state index is 3.81. The Kier molecular flexibility index (Phi) is 71.7. The molecule has 0 amide bonds. The van der Waals surface area contributed by atoms with E-state index in [2.05, 4.69) is 304 Å². The molecule has 398 valence electrons. The van der Waals surface area contributed by atoms with Crippen LogP contribution in [0.25, 0.3) is 0 Å². The summed E-state index contributed by atoms with van der Waals surface area (Å²) < 4.78 is 0.360. The summed E-state index contributed by atoms with van der Waals surface area (Å²) >= 11 is 0. The van der Waals surface area contributed by atoms with Gasteiger partial charge in [0.1, 0.15) is 0 Å². The molecule has 0 aromatic carbocycles. The van der Waals surface area contributed by atoms with Crippen LogP contribution in [-0.2, 0) is 0 Å². The average molecular weight is 2090 g/mol. The molecule has 0 saturated heterocycles. The molecular formula is CH69P65. The lowest BCUT2D eigenvalue weighted by atomic mass is 11.8. The Balaban J connectivity index is 12.1. The molecule has 0 rings (SSSR count). The summed E-state index contributed by atoms with van der Waals surface area (Å²) in [6.07, 6.45) is 0. The standard InChI is InChI=1S/CH69P65/c2-36-57(35)65(66(55(31)32)56(33)34)40(64(53(27)28)54(29)30)1(37(58(41(3)4)42(5)6)59(43(7)8)44(9)10,38(60(45(11)12)46(13)14)61(47(15)16)48(17)18)39(62(49(19)20)50(21)22)63(51(23)24)52(25)26/h36H,2-35H2. The van der Waals surface area contributed by atoms with Gasteiger partial charge in [0.2, 0.25) is 0 Å². The zero-order chi connectivity index (χ0) is 52.5. The van der Waals surface area contributed by atoms with Crippen LogP contribution < -0.4 is 0 Å². The molecule has 38 unspecified atom stereocenters. The summed E-state index contributed by atoms with van der Waals surface area (Å²) in [5, 5.41) is 0. The zero-order valence-corrected chi connectivity index (χ0v) is 101. The van der Waals surface area contributed by atoms with Crippen molar-refractivity contribution >= 4 is 522 Å². The SMILES string of the molecule is PPP(P)P(P(P(P)P)P(P)P)P(P(P(P)P)P(P)P)C(P(P(P(P)P)P(P)P)P(P(P)P)P(P)P)(P(P(P(P)P)P(P)P)P(P(P)P)P(P)P)P(P(P(P)P)P(P)P)P(P(P)P)P(P)P. The molecule has 0 fully saturated rings. The first-order valence-electron chi connectivity index (χ1n) is 15.1. The van der Waals surface area contributed by atoms with Gasteiger partial charge >= 0.3 is 0 Å². The molecule has 0 aliphatic rings. The van der Waals surface area contributed by atoms with Gasteiger partial charge in [0.25, 0.3) is 0 Å². The van der Waals surface area contributed by atoms with Crippen LogP contribution in [0.3, 0.4) is 0 Å². The van der Waals surface area contributed by atoms with Gasteiger partial charge in [-0.2, -0.15) is 0 Å². The molecule has 65 heteroatoms. The van der Waals surface area contributed by atoms with Crippen molar-refractivity contribution in [2.45, 2.75) is 4.38 Å². The van der Waals surface area contributed by atoms with E-state index in [1.54, 1.807) is 0 Å². The molecule has 0 aliphatic carbocycles. The Bertz CT molecular complexity index is 1020. The quantitative estimate of drug-likeness (QED) is 0.0607. The number of hydrogen-bond acceptors (Lipinski definition) is 0. The van der Waals surface area contributed by atoms with Crippen molar-refractivity contribution in [1.29, 1.82) is 0 Å². The molecule has 0 aromatic heterocycles. The minimum atomic E-state index is -0.474. The van der Waals surface area contributed by atoms with Crippen LogP contribution in [0.4, 0.5) is 0 Å². The Labute approximate surface area is 518 Å². The first kappa shape index (κ1) is 94.0. The summed E-state index contributed by atoms with van der Waals surface area (Å²) in [6.45, 7) is -8.98. The van der Waals surface area contributed by atoms with Crippen LogP contribution in [0.2, 0.25) is 0 Å². The molecule has 0 radical (unpaired) electrons. The predicted octanol–water partition coefficient (Wildman–Crippen LogP) is 37.3. The van der Waals surface area contributed by atoms with Crippen LogP contribution >= 0.6 is 522 Å². The highest BCUT2D eigenvalue weighted by molar-refractivity contribution is 9.38. The summed E-state index contributed by atoms with van der Waals surface area (Å²) in [6, 6.07) is 0. The highest BCUT2D eigenvalue weighted by Crippen LogP contribution is 3.45. The summed E-state index contributed by atoms with van der Waals surface area (Å²) in [5.74, 6) is 0. The molecule has 0 bridgehead atoms. The Morgan fingerprint density at radius 2 is 0.303 bits per heavy atom. The van der Waals surface area contributed by atoms with E-state index >= 15 is 0 Å². The lowest BCUT2D eigenvalue weighted by Gasteiger charge is -2.69. The van der Waals surface area contributed by atoms with Crippen molar-refractivity contribution < 1.29 is 0 Å². The van der Waals surface area contributed by atoms with Gasteiger partial charge in [-0.05, 0) is 211 Å². The van der Waals surface area contributed by atoms with Crippen LogP contribution in [-0.4, -0.2) is 4.38 Å². The third kappa shape index (κ3) is 30.5. The minimum absolute atomic E-state index is 0.257. The van der Waals surface area contributed by atoms with Crippen LogP contribution in [0.15, 0.2) is 0 Å². The molecule has 0 spiro atoms. The molecule has 0 saturated carbocycles. The van der Waals surface area contributed by atoms with Gasteiger partial charge in [0.05, 0.1) is 4.38 Å². The van der Waals surface area contributed by atoms with Gasteiger partial charge in [-0.25, -0.2) is 0 Å². The molecular weight excluding hydrogens is 2030 g/mol. The molecule has 66 heavy (non-hydrogen) atoms. The van der Waals surface area contributed by atoms with E-state index in [0.717, 1.165) is 7.96 Å². The highest BCUT2D eigenvalue weighted by atomic mass is 33.4. The number of hydrogen-bond donors (Lipinski definition) is 0. The molecule has 0 nitrogen and oxygen atoms in total. The number of rotatable bonds is 31. The van der Waals surface area contributed by atoms with Gasteiger partial charge in [-0.15, -0.1) is 304 Å². The summed E-state index contributed by atoms with van der Waals surface area (Å²) in [7, 11) is 123. The minimum Gasteiger partial charge on any atom is -0.109 e. The lowest BCUT2D eigenvalue weighted by Crippen LogP contribution is -2.14. The molecule has 0 N–H and O–H groups in total. The van der Waals surface area contributed by atoms with E-state index < -0.39 is 29.2 Å². The molecule has 38 atom stereocenters. The van der Waals surface area contributed by atoms with Crippen molar-refractivity contribution in [3.8, 4) is 0 Å². The first-order chi connectivity index (χ1) is 30.0. The average Bonchev–Trinajstić information content (AvgIpc) is 3.10. The first-order valence-corrected chi connectivity index (χ1v) is 131. The van der Waals surface area contributed by atoms with Gasteiger partial charge in [0, 0.05) is 0 Å². The van der Waals surface area contributed by atoms with E-state index in [0.29, 0.717) is 4.38 Å². The fourth-order valence-electron chi connectivity index (χ4n) is 4.54. The second-order valence-corrected chi connectivity index (χ2v) is 264. The monoisotopic (exact) mass is 2090 g/mol. The van der Waals surface area contributed by atoms with Crippen molar-refractivity contribution in [1.82, 2.24) is 0 Å². The summed E-state index contributed by atoms with van der Waals surface area (Å²) in [5.41, 5.74) is 0. The third-order valence-electron chi connectivity index (χ3n) is 6.22. The smallest absolute Gasteiger partial charge is 0.0860 e. The highest BCUT2D eigenvalue weighted by Gasteiger charge is 2.73.